The van der Waals surface area contributed by atoms with Gasteiger partial charge in [0.15, 0.2) is 0 Å². The first-order valence-corrected chi connectivity index (χ1v) is 5.81. The third-order valence-corrected chi connectivity index (χ3v) is 2.32. The number of benzene rings is 1. The van der Waals surface area contributed by atoms with Crippen molar-refractivity contribution in [2.45, 2.75) is 13.8 Å². The molecule has 0 unspecified atom stereocenters. The Balaban J connectivity index is 2.86. The predicted octanol–water partition coefficient (Wildman–Crippen LogP) is 2.05. The van der Waals surface area contributed by atoms with Crippen LogP contribution in [0.25, 0.3) is 0 Å². The number of hydrogen-bond donors (Lipinski definition) is 1. The Bertz CT molecular complexity index is 472. The van der Waals surface area contributed by atoms with Gasteiger partial charge in [0.2, 0.25) is 0 Å². The number of hydrogen-bond acceptors (Lipinski definition) is 6. The summed E-state index contributed by atoms with van der Waals surface area (Å²) in [6.07, 6.45) is 0. The standard InChI is InChI=1S/C13H18N2O4/c1-5-19-13(16)9(2)14-15-11-8-10(17-3)6-7-12(11)18-4/h6-8,15H,5H2,1-4H3/b14-9+. The van der Waals surface area contributed by atoms with Crippen LogP contribution in [0.2, 0.25) is 0 Å². The predicted molar refractivity (Wildman–Crippen MR) is 72.9 cm³/mol. The van der Waals surface area contributed by atoms with Crippen LogP contribution in [-0.4, -0.2) is 32.5 Å². The molecule has 19 heavy (non-hydrogen) atoms. The number of rotatable bonds is 6. The van der Waals surface area contributed by atoms with Crippen molar-refractivity contribution in [1.29, 1.82) is 0 Å². The van der Waals surface area contributed by atoms with Gasteiger partial charge in [0, 0.05) is 6.07 Å². The molecule has 0 radical (unpaired) electrons. The monoisotopic (exact) mass is 266 g/mol. The minimum atomic E-state index is -0.461. The van der Waals surface area contributed by atoms with Crippen LogP contribution in [0.3, 0.4) is 0 Å². The highest BCUT2D eigenvalue weighted by Crippen LogP contribution is 2.28. The van der Waals surface area contributed by atoms with Crippen LogP contribution >= 0.6 is 0 Å². The van der Waals surface area contributed by atoms with Crippen molar-refractivity contribution in [3.63, 3.8) is 0 Å². The smallest absolute Gasteiger partial charge is 0.354 e. The summed E-state index contributed by atoms with van der Waals surface area (Å²) in [5.74, 6) is 0.797. The zero-order valence-electron chi connectivity index (χ0n) is 11.5. The van der Waals surface area contributed by atoms with Gasteiger partial charge in [-0.15, -0.1) is 0 Å². The number of carbonyl (C=O) groups excluding carboxylic acids is 1. The van der Waals surface area contributed by atoms with E-state index in [0.29, 0.717) is 23.8 Å². The highest BCUT2D eigenvalue weighted by atomic mass is 16.5. The van der Waals surface area contributed by atoms with Crippen molar-refractivity contribution >= 4 is 17.4 Å². The molecule has 1 aromatic rings. The van der Waals surface area contributed by atoms with Crippen LogP contribution in [0.15, 0.2) is 23.3 Å². The molecule has 6 heteroatoms. The van der Waals surface area contributed by atoms with Gasteiger partial charge in [-0.3, -0.25) is 5.43 Å². The molecule has 0 bridgehead atoms. The molecule has 0 saturated heterocycles. The molecule has 0 aliphatic heterocycles. The van der Waals surface area contributed by atoms with Crippen LogP contribution in [0.5, 0.6) is 11.5 Å². The van der Waals surface area contributed by atoms with E-state index in [1.807, 2.05) is 0 Å². The molecule has 1 aromatic carbocycles. The third-order valence-electron chi connectivity index (χ3n) is 2.32. The van der Waals surface area contributed by atoms with Crippen molar-refractivity contribution in [3.05, 3.63) is 18.2 Å². The van der Waals surface area contributed by atoms with Gasteiger partial charge in [-0.05, 0) is 26.0 Å². The van der Waals surface area contributed by atoms with Crippen LogP contribution in [-0.2, 0) is 9.53 Å². The molecule has 0 aromatic heterocycles. The van der Waals surface area contributed by atoms with E-state index in [1.165, 1.54) is 0 Å². The molecule has 1 rings (SSSR count). The van der Waals surface area contributed by atoms with E-state index in [1.54, 1.807) is 46.3 Å². The van der Waals surface area contributed by atoms with Gasteiger partial charge < -0.3 is 14.2 Å². The quantitative estimate of drug-likeness (QED) is 0.485. The van der Waals surface area contributed by atoms with Crippen molar-refractivity contribution in [1.82, 2.24) is 0 Å². The number of anilines is 1. The molecule has 0 aliphatic carbocycles. The maximum Gasteiger partial charge on any atom is 0.354 e. The van der Waals surface area contributed by atoms with E-state index in [0.717, 1.165) is 0 Å². The van der Waals surface area contributed by atoms with Crippen LogP contribution in [0.4, 0.5) is 5.69 Å². The number of esters is 1. The van der Waals surface area contributed by atoms with Crippen molar-refractivity contribution < 1.29 is 19.0 Å². The summed E-state index contributed by atoms with van der Waals surface area (Å²) in [5, 5.41) is 3.95. The molecule has 1 N–H and O–H groups in total. The molecule has 0 aliphatic rings. The van der Waals surface area contributed by atoms with Crippen molar-refractivity contribution in [2.75, 3.05) is 26.3 Å². The molecular formula is C13H18N2O4. The number of carbonyl (C=O) groups is 1. The normalized spacial score (nSPS) is 10.8. The Morgan fingerprint density at radius 3 is 2.63 bits per heavy atom. The van der Waals surface area contributed by atoms with Gasteiger partial charge in [-0.25, -0.2) is 4.79 Å². The van der Waals surface area contributed by atoms with Gasteiger partial charge in [-0.2, -0.15) is 5.10 Å². The second-order valence-electron chi connectivity index (χ2n) is 3.60. The maximum absolute atomic E-state index is 11.4. The van der Waals surface area contributed by atoms with Crippen LogP contribution in [0.1, 0.15) is 13.8 Å². The molecule has 0 fully saturated rings. The number of nitrogens with zero attached hydrogens (tertiary/aromatic N) is 1. The minimum Gasteiger partial charge on any atom is -0.497 e. The molecule has 6 nitrogen and oxygen atoms in total. The Hall–Kier alpha value is -2.24. The zero-order chi connectivity index (χ0) is 14.3. The molecule has 0 saturated carbocycles. The number of hydrazone groups is 1. The molecule has 0 atom stereocenters. The zero-order valence-corrected chi connectivity index (χ0v) is 11.5. The van der Waals surface area contributed by atoms with E-state index < -0.39 is 5.97 Å². The van der Waals surface area contributed by atoms with Crippen LogP contribution in [0, 0.1) is 0 Å². The molecule has 0 spiro atoms. The summed E-state index contributed by atoms with van der Waals surface area (Å²) in [6, 6.07) is 5.24. The van der Waals surface area contributed by atoms with E-state index in [9.17, 15) is 4.79 Å². The van der Waals surface area contributed by atoms with Gasteiger partial charge in [0.1, 0.15) is 22.9 Å². The van der Waals surface area contributed by atoms with Gasteiger partial charge in [-0.1, -0.05) is 0 Å². The fourth-order valence-electron chi connectivity index (χ4n) is 1.33. The largest absolute Gasteiger partial charge is 0.497 e. The second-order valence-corrected chi connectivity index (χ2v) is 3.60. The van der Waals surface area contributed by atoms with Crippen LogP contribution < -0.4 is 14.9 Å². The lowest BCUT2D eigenvalue weighted by Gasteiger charge is -2.10. The lowest BCUT2D eigenvalue weighted by atomic mass is 10.3. The number of ether oxygens (including phenoxy) is 3. The Morgan fingerprint density at radius 2 is 2.05 bits per heavy atom. The highest BCUT2D eigenvalue weighted by molar-refractivity contribution is 6.35. The fraction of sp³-hybridized carbons (Fsp3) is 0.385. The minimum absolute atomic E-state index is 0.228. The van der Waals surface area contributed by atoms with Gasteiger partial charge in [0.05, 0.1) is 20.8 Å². The first kappa shape index (κ1) is 14.8. The van der Waals surface area contributed by atoms with Gasteiger partial charge in [0.25, 0.3) is 0 Å². The maximum atomic E-state index is 11.4. The second kappa shape index (κ2) is 7.25. The van der Waals surface area contributed by atoms with E-state index in [-0.39, 0.29) is 5.71 Å². The first-order valence-electron chi connectivity index (χ1n) is 5.81. The number of methoxy groups -OCH3 is 2. The van der Waals surface area contributed by atoms with Gasteiger partial charge >= 0.3 is 5.97 Å². The average Bonchev–Trinajstić information content (AvgIpc) is 2.44. The summed E-state index contributed by atoms with van der Waals surface area (Å²) in [4.78, 5) is 11.4. The van der Waals surface area contributed by atoms with Crippen molar-refractivity contribution in [2.24, 2.45) is 5.10 Å². The highest BCUT2D eigenvalue weighted by Gasteiger charge is 2.08. The Morgan fingerprint density at radius 1 is 1.32 bits per heavy atom. The summed E-state index contributed by atoms with van der Waals surface area (Å²) >= 11 is 0. The summed E-state index contributed by atoms with van der Waals surface area (Å²) < 4.78 is 15.1. The average molecular weight is 266 g/mol. The Labute approximate surface area is 112 Å². The lowest BCUT2D eigenvalue weighted by molar-refractivity contribution is -0.135. The fourth-order valence-corrected chi connectivity index (χ4v) is 1.33. The lowest BCUT2D eigenvalue weighted by Crippen LogP contribution is -2.15. The number of nitrogens with one attached hydrogen (secondary N) is 1. The summed E-state index contributed by atoms with van der Waals surface area (Å²) in [6.45, 7) is 3.62. The molecule has 0 amide bonds. The first-order chi connectivity index (χ1) is 9.12. The van der Waals surface area contributed by atoms with E-state index in [2.05, 4.69) is 10.5 Å². The summed E-state index contributed by atoms with van der Waals surface area (Å²) in [5.41, 5.74) is 3.59. The van der Waals surface area contributed by atoms with Crippen molar-refractivity contribution in [3.8, 4) is 11.5 Å². The molecular weight excluding hydrogens is 248 g/mol. The summed E-state index contributed by atoms with van der Waals surface area (Å²) in [7, 11) is 3.12. The van der Waals surface area contributed by atoms with E-state index >= 15 is 0 Å². The topological polar surface area (TPSA) is 69.2 Å². The Kier molecular flexibility index (Phi) is 5.66. The molecule has 104 valence electrons. The third kappa shape index (κ3) is 4.17. The molecule has 0 heterocycles. The van der Waals surface area contributed by atoms with E-state index in [4.69, 9.17) is 14.2 Å². The SMILES string of the molecule is CCOC(=O)/C(C)=N/Nc1cc(OC)ccc1OC.